The molecule has 0 unspecified atom stereocenters. The molecule has 0 saturated carbocycles. The van der Waals surface area contributed by atoms with Gasteiger partial charge < -0.3 is 20.7 Å². The lowest BCUT2D eigenvalue weighted by Gasteiger charge is -2.14. The number of carbonyl (C=O) groups excluding carboxylic acids is 1. The van der Waals surface area contributed by atoms with Gasteiger partial charge in [0.15, 0.2) is 5.96 Å². The second-order valence-corrected chi connectivity index (χ2v) is 6.46. The van der Waals surface area contributed by atoms with Gasteiger partial charge in [-0.2, -0.15) is 0 Å². The first-order chi connectivity index (χ1) is 12.0. The van der Waals surface area contributed by atoms with Crippen LogP contribution < -0.4 is 20.7 Å². The zero-order valence-corrected chi connectivity index (χ0v) is 18.8. The van der Waals surface area contributed by atoms with Gasteiger partial charge in [0.2, 0.25) is 5.91 Å². The molecule has 7 heteroatoms. The topological polar surface area (TPSA) is 74.8 Å². The van der Waals surface area contributed by atoms with Crippen LogP contribution in [0.5, 0.6) is 5.75 Å². The third kappa shape index (κ3) is 9.84. The quantitative estimate of drug-likeness (QED) is 0.220. The molecule has 0 fully saturated rings. The largest absolute Gasteiger partial charge is 0.495 e. The van der Waals surface area contributed by atoms with Crippen molar-refractivity contribution >= 4 is 41.5 Å². The zero-order valence-electron chi connectivity index (χ0n) is 16.5. The molecular weight excluding hydrogens is 443 g/mol. The van der Waals surface area contributed by atoms with Crippen molar-refractivity contribution in [2.24, 2.45) is 10.9 Å². The Morgan fingerprint density at radius 1 is 1.23 bits per heavy atom. The molecule has 0 aromatic heterocycles. The van der Waals surface area contributed by atoms with E-state index < -0.39 is 0 Å². The van der Waals surface area contributed by atoms with Crippen molar-refractivity contribution in [2.75, 3.05) is 26.0 Å². The number of amides is 1. The third-order valence-electron chi connectivity index (χ3n) is 3.76. The number of unbranched alkanes of at least 4 members (excludes halogenated alkanes) is 1. The highest BCUT2D eigenvalue weighted by molar-refractivity contribution is 14.0. The van der Waals surface area contributed by atoms with E-state index >= 15 is 0 Å². The second kappa shape index (κ2) is 13.7. The van der Waals surface area contributed by atoms with E-state index in [-0.39, 0.29) is 29.9 Å². The predicted octanol–water partition coefficient (Wildman–Crippen LogP) is 3.76. The lowest BCUT2D eigenvalue weighted by molar-refractivity contribution is -0.114. The molecule has 0 heterocycles. The van der Waals surface area contributed by atoms with Gasteiger partial charge in [-0.1, -0.05) is 32.8 Å². The van der Waals surface area contributed by atoms with E-state index in [2.05, 4.69) is 34.8 Å². The SMILES string of the molecule is CN=C(NCCCCC(C)C)NCc1ccc(OC)c(NC(C)=O)c1.I. The Kier molecular flexibility index (Phi) is 12.9. The summed E-state index contributed by atoms with van der Waals surface area (Å²) < 4.78 is 5.27. The number of anilines is 1. The number of nitrogens with one attached hydrogen (secondary N) is 3. The maximum atomic E-state index is 11.3. The number of hydrogen-bond acceptors (Lipinski definition) is 3. The van der Waals surface area contributed by atoms with Crippen LogP contribution in [0.3, 0.4) is 0 Å². The van der Waals surface area contributed by atoms with Gasteiger partial charge in [-0.25, -0.2) is 0 Å². The minimum atomic E-state index is -0.123. The molecule has 1 amide bonds. The van der Waals surface area contributed by atoms with Crippen molar-refractivity contribution in [3.8, 4) is 5.75 Å². The maximum absolute atomic E-state index is 11.3. The molecule has 0 bridgehead atoms. The summed E-state index contributed by atoms with van der Waals surface area (Å²) in [4.78, 5) is 15.5. The van der Waals surface area contributed by atoms with Gasteiger partial charge >= 0.3 is 0 Å². The van der Waals surface area contributed by atoms with E-state index in [0.717, 1.165) is 30.4 Å². The molecule has 0 spiro atoms. The molecule has 1 aromatic carbocycles. The molecule has 148 valence electrons. The second-order valence-electron chi connectivity index (χ2n) is 6.46. The summed E-state index contributed by atoms with van der Waals surface area (Å²) in [6.45, 7) is 7.50. The van der Waals surface area contributed by atoms with Crippen molar-refractivity contribution in [2.45, 2.75) is 46.6 Å². The predicted molar refractivity (Wildman–Crippen MR) is 120 cm³/mol. The summed E-state index contributed by atoms with van der Waals surface area (Å²) in [6, 6.07) is 5.72. The number of rotatable bonds is 9. The number of nitrogens with zero attached hydrogens (tertiary/aromatic N) is 1. The van der Waals surface area contributed by atoms with E-state index in [0.29, 0.717) is 18.0 Å². The van der Waals surface area contributed by atoms with Gasteiger partial charge in [-0.15, -0.1) is 24.0 Å². The Morgan fingerprint density at radius 3 is 2.54 bits per heavy atom. The van der Waals surface area contributed by atoms with Crippen LogP contribution in [-0.2, 0) is 11.3 Å². The number of methoxy groups -OCH3 is 1. The molecule has 0 aliphatic rings. The van der Waals surface area contributed by atoms with E-state index in [9.17, 15) is 4.79 Å². The van der Waals surface area contributed by atoms with Gasteiger partial charge in [0.05, 0.1) is 12.8 Å². The van der Waals surface area contributed by atoms with Crippen LogP contribution in [0.15, 0.2) is 23.2 Å². The number of aliphatic imine (C=N–C) groups is 1. The fourth-order valence-electron chi connectivity index (χ4n) is 2.44. The van der Waals surface area contributed by atoms with E-state index in [1.165, 1.54) is 19.8 Å². The van der Waals surface area contributed by atoms with Crippen LogP contribution in [-0.4, -0.2) is 32.6 Å². The summed E-state index contributed by atoms with van der Waals surface area (Å²) in [7, 11) is 3.35. The standard InChI is InChI=1S/C19H32N4O2.HI/c1-14(2)8-6-7-11-21-19(20-4)22-13-16-9-10-18(25-5)17(12-16)23-15(3)24;/h9-10,12,14H,6-8,11,13H2,1-5H3,(H,23,24)(H2,20,21,22);1H. The summed E-state index contributed by atoms with van der Waals surface area (Å²) >= 11 is 0. The molecule has 26 heavy (non-hydrogen) atoms. The summed E-state index contributed by atoms with van der Waals surface area (Å²) in [6.07, 6.45) is 3.61. The van der Waals surface area contributed by atoms with E-state index in [1.807, 2.05) is 18.2 Å². The molecule has 3 N–H and O–H groups in total. The Morgan fingerprint density at radius 2 is 1.96 bits per heavy atom. The maximum Gasteiger partial charge on any atom is 0.221 e. The molecule has 0 saturated heterocycles. The van der Waals surface area contributed by atoms with Crippen LogP contribution in [0.4, 0.5) is 5.69 Å². The fourth-order valence-corrected chi connectivity index (χ4v) is 2.44. The number of ether oxygens (including phenoxy) is 1. The zero-order chi connectivity index (χ0) is 18.7. The van der Waals surface area contributed by atoms with Crippen LogP contribution in [0.1, 0.15) is 45.6 Å². The number of hydrogen-bond donors (Lipinski definition) is 3. The molecule has 6 nitrogen and oxygen atoms in total. The molecular formula is C19H33IN4O2. The monoisotopic (exact) mass is 476 g/mol. The van der Waals surface area contributed by atoms with Crippen molar-refractivity contribution in [1.29, 1.82) is 0 Å². The van der Waals surface area contributed by atoms with E-state index in [4.69, 9.17) is 4.74 Å². The van der Waals surface area contributed by atoms with Crippen LogP contribution in [0.2, 0.25) is 0 Å². The minimum absolute atomic E-state index is 0. The highest BCUT2D eigenvalue weighted by Gasteiger charge is 2.06. The van der Waals surface area contributed by atoms with Crippen LogP contribution >= 0.6 is 24.0 Å². The molecule has 0 aliphatic heterocycles. The molecule has 1 aromatic rings. The summed E-state index contributed by atoms with van der Waals surface area (Å²) in [5.41, 5.74) is 1.71. The van der Waals surface area contributed by atoms with Crippen LogP contribution in [0.25, 0.3) is 0 Å². The summed E-state index contributed by atoms with van der Waals surface area (Å²) in [5, 5.41) is 9.40. The molecule has 0 aliphatic carbocycles. The highest BCUT2D eigenvalue weighted by atomic mass is 127. The van der Waals surface area contributed by atoms with Gasteiger partial charge in [-0.3, -0.25) is 9.79 Å². The first-order valence-corrected chi connectivity index (χ1v) is 8.85. The Hall–Kier alpha value is -1.51. The molecule has 1 rings (SSSR count). The first kappa shape index (κ1) is 24.5. The average Bonchev–Trinajstić information content (AvgIpc) is 2.56. The number of halogens is 1. The van der Waals surface area contributed by atoms with Crippen molar-refractivity contribution in [1.82, 2.24) is 10.6 Å². The third-order valence-corrected chi connectivity index (χ3v) is 3.76. The normalized spacial score (nSPS) is 10.9. The highest BCUT2D eigenvalue weighted by Crippen LogP contribution is 2.25. The smallest absolute Gasteiger partial charge is 0.221 e. The lowest BCUT2D eigenvalue weighted by Crippen LogP contribution is -2.37. The fraction of sp³-hybridized carbons (Fsp3) is 0.579. The van der Waals surface area contributed by atoms with Gasteiger partial charge in [0.25, 0.3) is 0 Å². The molecule has 0 atom stereocenters. The Labute approximate surface area is 174 Å². The van der Waals surface area contributed by atoms with Crippen molar-refractivity contribution < 1.29 is 9.53 Å². The van der Waals surface area contributed by atoms with Crippen molar-refractivity contribution in [3.63, 3.8) is 0 Å². The molecule has 0 radical (unpaired) electrons. The van der Waals surface area contributed by atoms with Crippen molar-refractivity contribution in [3.05, 3.63) is 23.8 Å². The minimum Gasteiger partial charge on any atom is -0.495 e. The van der Waals surface area contributed by atoms with Gasteiger partial charge in [0, 0.05) is 27.1 Å². The summed E-state index contributed by atoms with van der Waals surface area (Å²) in [5.74, 6) is 2.06. The number of carbonyl (C=O) groups is 1. The Balaban J connectivity index is 0.00000625. The van der Waals surface area contributed by atoms with E-state index in [1.54, 1.807) is 14.2 Å². The first-order valence-electron chi connectivity index (χ1n) is 8.85. The Bertz CT molecular complexity index is 577. The number of guanidine groups is 1. The van der Waals surface area contributed by atoms with Gasteiger partial charge in [-0.05, 0) is 30.0 Å². The average molecular weight is 476 g/mol. The van der Waals surface area contributed by atoms with Gasteiger partial charge in [0.1, 0.15) is 5.75 Å². The van der Waals surface area contributed by atoms with Crippen LogP contribution in [0, 0.1) is 5.92 Å². The number of benzene rings is 1. The lowest BCUT2D eigenvalue weighted by atomic mass is 10.1.